The molecule has 2 N–H and O–H groups in total. The van der Waals surface area contributed by atoms with Gasteiger partial charge >= 0.3 is 0 Å². The molecule has 0 spiro atoms. The number of carbonyl (C=O) groups is 3. The van der Waals surface area contributed by atoms with E-state index in [0.29, 0.717) is 16.9 Å². The van der Waals surface area contributed by atoms with Gasteiger partial charge in [0.1, 0.15) is 0 Å². The first-order chi connectivity index (χ1) is 15.9. The second kappa shape index (κ2) is 9.53. The van der Waals surface area contributed by atoms with E-state index in [4.69, 9.17) is 0 Å². The van der Waals surface area contributed by atoms with Crippen LogP contribution in [-0.4, -0.2) is 22.6 Å². The van der Waals surface area contributed by atoms with Crippen molar-refractivity contribution in [2.24, 2.45) is 0 Å². The van der Waals surface area contributed by atoms with E-state index in [1.807, 2.05) is 61.5 Å². The molecule has 1 heterocycles. The predicted molar refractivity (Wildman–Crippen MR) is 130 cm³/mol. The molecule has 0 radical (unpaired) electrons. The van der Waals surface area contributed by atoms with E-state index in [1.54, 1.807) is 35.4 Å². The topological polar surface area (TPSA) is 78.5 Å². The summed E-state index contributed by atoms with van der Waals surface area (Å²) in [5.41, 5.74) is 4.39. The van der Waals surface area contributed by atoms with Crippen LogP contribution in [0.5, 0.6) is 0 Å². The number of para-hydroxylation sites is 1. The van der Waals surface area contributed by atoms with Crippen LogP contribution in [0.4, 0.5) is 11.4 Å². The second-order valence-electron chi connectivity index (χ2n) is 8.01. The molecule has 4 rings (SSSR count). The molecule has 0 saturated heterocycles. The molecule has 6 nitrogen and oxygen atoms in total. The zero-order valence-electron chi connectivity index (χ0n) is 18.5. The van der Waals surface area contributed by atoms with E-state index < -0.39 is 6.04 Å². The van der Waals surface area contributed by atoms with Gasteiger partial charge in [0.05, 0.1) is 23.7 Å². The van der Waals surface area contributed by atoms with Gasteiger partial charge in [0.25, 0.3) is 5.91 Å². The molecule has 0 aliphatic carbocycles. The summed E-state index contributed by atoms with van der Waals surface area (Å²) in [5.74, 6) is -0.739. The van der Waals surface area contributed by atoms with Crippen LogP contribution in [0.3, 0.4) is 0 Å². The highest BCUT2D eigenvalue weighted by molar-refractivity contribution is 6.10. The number of rotatable bonds is 5. The monoisotopic (exact) mass is 439 g/mol. The van der Waals surface area contributed by atoms with Gasteiger partial charge in [0.15, 0.2) is 0 Å². The molecule has 0 fully saturated rings. The number of benzene rings is 3. The molecular formula is C27H25N3O3. The minimum atomic E-state index is -0.419. The summed E-state index contributed by atoms with van der Waals surface area (Å²) in [7, 11) is 0. The maximum absolute atomic E-state index is 13.0. The van der Waals surface area contributed by atoms with Gasteiger partial charge in [-0.25, -0.2) is 0 Å². The van der Waals surface area contributed by atoms with E-state index in [9.17, 15) is 14.4 Å². The quantitative estimate of drug-likeness (QED) is 0.577. The van der Waals surface area contributed by atoms with Crippen molar-refractivity contribution in [1.29, 1.82) is 0 Å². The molecule has 1 aliphatic heterocycles. The van der Waals surface area contributed by atoms with Crippen molar-refractivity contribution in [3.05, 3.63) is 101 Å². The first-order valence-corrected chi connectivity index (χ1v) is 10.8. The summed E-state index contributed by atoms with van der Waals surface area (Å²) in [5, 5.41) is 5.74. The third kappa shape index (κ3) is 5.01. The van der Waals surface area contributed by atoms with Crippen molar-refractivity contribution >= 4 is 35.2 Å². The molecule has 1 atom stereocenters. The highest BCUT2D eigenvalue weighted by Crippen LogP contribution is 2.33. The van der Waals surface area contributed by atoms with E-state index >= 15 is 0 Å². The SMILES string of the molecule is CC(=O)N1C=Cc2ccccc2C1CC(=O)Nc1ccccc1C(=O)Nc1cccc(C)c1. The minimum absolute atomic E-state index is 0.0643. The summed E-state index contributed by atoms with van der Waals surface area (Å²) in [6, 6.07) is 21.7. The number of nitrogens with one attached hydrogen (secondary N) is 2. The van der Waals surface area contributed by atoms with Gasteiger partial charge in [-0.3, -0.25) is 14.4 Å². The Hall–Kier alpha value is -4.19. The molecule has 33 heavy (non-hydrogen) atoms. The van der Waals surface area contributed by atoms with Gasteiger partial charge in [-0.15, -0.1) is 0 Å². The average molecular weight is 440 g/mol. The summed E-state index contributed by atoms with van der Waals surface area (Å²) in [6.45, 7) is 3.43. The van der Waals surface area contributed by atoms with Crippen LogP contribution in [-0.2, 0) is 9.59 Å². The Bertz CT molecular complexity index is 1250. The first-order valence-electron chi connectivity index (χ1n) is 10.8. The largest absolute Gasteiger partial charge is 0.325 e. The van der Waals surface area contributed by atoms with E-state index in [-0.39, 0.29) is 24.1 Å². The fraction of sp³-hybridized carbons (Fsp3) is 0.148. The highest BCUT2D eigenvalue weighted by Gasteiger charge is 2.28. The lowest BCUT2D eigenvalue weighted by Crippen LogP contribution is -2.33. The van der Waals surface area contributed by atoms with Crippen LogP contribution in [0.2, 0.25) is 0 Å². The summed E-state index contributed by atoms with van der Waals surface area (Å²) < 4.78 is 0. The van der Waals surface area contributed by atoms with Gasteiger partial charge in [-0.05, 0) is 54.0 Å². The molecule has 6 heteroatoms. The van der Waals surface area contributed by atoms with Crippen LogP contribution < -0.4 is 10.6 Å². The van der Waals surface area contributed by atoms with Crippen molar-refractivity contribution in [2.45, 2.75) is 26.3 Å². The van der Waals surface area contributed by atoms with Gasteiger partial charge in [0, 0.05) is 18.8 Å². The molecule has 166 valence electrons. The van der Waals surface area contributed by atoms with Crippen LogP contribution in [0.15, 0.2) is 79.0 Å². The number of carbonyl (C=O) groups excluding carboxylic acids is 3. The van der Waals surface area contributed by atoms with Gasteiger partial charge in [-0.2, -0.15) is 0 Å². The Morgan fingerprint density at radius 1 is 0.909 bits per heavy atom. The lowest BCUT2D eigenvalue weighted by molar-refractivity contribution is -0.129. The molecule has 3 amide bonds. The Kier molecular flexibility index (Phi) is 6.36. The molecule has 0 saturated carbocycles. The van der Waals surface area contributed by atoms with Crippen LogP contribution >= 0.6 is 0 Å². The summed E-state index contributed by atoms with van der Waals surface area (Å²) in [4.78, 5) is 39.7. The molecule has 1 unspecified atom stereocenters. The number of amides is 3. The first kappa shape index (κ1) is 22.0. The van der Waals surface area contributed by atoms with Gasteiger partial charge < -0.3 is 15.5 Å². The zero-order valence-corrected chi connectivity index (χ0v) is 18.5. The van der Waals surface area contributed by atoms with Gasteiger partial charge in [-0.1, -0.05) is 48.5 Å². The van der Waals surface area contributed by atoms with Crippen LogP contribution in [0, 0.1) is 6.92 Å². The smallest absolute Gasteiger partial charge is 0.257 e. The minimum Gasteiger partial charge on any atom is -0.325 e. The number of hydrogen-bond donors (Lipinski definition) is 2. The number of hydrogen-bond acceptors (Lipinski definition) is 3. The predicted octanol–water partition coefficient (Wildman–Crippen LogP) is 5.15. The lowest BCUT2D eigenvalue weighted by Gasteiger charge is -2.32. The summed E-state index contributed by atoms with van der Waals surface area (Å²) >= 11 is 0. The number of nitrogens with zero attached hydrogens (tertiary/aromatic N) is 1. The Balaban J connectivity index is 1.53. The standard InChI is InChI=1S/C27H25N3O3/c1-18-8-7-10-21(16-18)28-27(33)23-12-5-6-13-24(23)29-26(32)17-25-22-11-4-3-9-20(22)14-15-30(25)19(2)31/h3-16,25H,17H2,1-2H3,(H,28,33)(H,29,32). The van der Waals surface area contributed by atoms with Crippen molar-refractivity contribution in [3.63, 3.8) is 0 Å². The van der Waals surface area contributed by atoms with E-state index in [1.165, 1.54) is 6.92 Å². The van der Waals surface area contributed by atoms with E-state index in [2.05, 4.69) is 10.6 Å². The molecule has 0 aromatic heterocycles. The number of aryl methyl sites for hydroxylation is 1. The van der Waals surface area contributed by atoms with E-state index in [0.717, 1.165) is 16.7 Å². The number of fused-ring (bicyclic) bond motifs is 1. The molecule has 0 bridgehead atoms. The zero-order chi connectivity index (χ0) is 23.4. The average Bonchev–Trinajstić information content (AvgIpc) is 2.79. The van der Waals surface area contributed by atoms with Crippen LogP contribution in [0.1, 0.15) is 46.4 Å². The third-order valence-corrected chi connectivity index (χ3v) is 5.57. The second-order valence-corrected chi connectivity index (χ2v) is 8.01. The molecular weight excluding hydrogens is 414 g/mol. The Morgan fingerprint density at radius 3 is 2.45 bits per heavy atom. The fourth-order valence-corrected chi connectivity index (χ4v) is 4.00. The highest BCUT2D eigenvalue weighted by atomic mass is 16.2. The van der Waals surface area contributed by atoms with Crippen molar-refractivity contribution in [2.75, 3.05) is 10.6 Å². The van der Waals surface area contributed by atoms with Crippen molar-refractivity contribution < 1.29 is 14.4 Å². The normalized spacial score (nSPS) is 14.4. The van der Waals surface area contributed by atoms with Crippen molar-refractivity contribution in [3.8, 4) is 0 Å². The fourth-order valence-electron chi connectivity index (χ4n) is 4.00. The maximum Gasteiger partial charge on any atom is 0.257 e. The Labute approximate surface area is 192 Å². The molecule has 3 aromatic rings. The third-order valence-electron chi connectivity index (χ3n) is 5.57. The molecule has 1 aliphatic rings. The summed E-state index contributed by atoms with van der Waals surface area (Å²) in [6.07, 6.45) is 3.65. The van der Waals surface area contributed by atoms with Crippen LogP contribution in [0.25, 0.3) is 6.08 Å². The Morgan fingerprint density at radius 2 is 1.67 bits per heavy atom. The van der Waals surface area contributed by atoms with Crippen molar-refractivity contribution in [1.82, 2.24) is 4.90 Å². The van der Waals surface area contributed by atoms with Gasteiger partial charge in [0.2, 0.25) is 11.8 Å². The number of anilines is 2. The maximum atomic E-state index is 13.0. The molecule has 3 aromatic carbocycles. The lowest BCUT2D eigenvalue weighted by atomic mass is 9.93.